The molecule has 3 atom stereocenters. The summed E-state index contributed by atoms with van der Waals surface area (Å²) in [6.07, 6.45) is 4.05. The maximum Gasteiger partial charge on any atom is 0.248 e. The van der Waals surface area contributed by atoms with Crippen LogP contribution in [-0.4, -0.2) is 81.9 Å². The molecule has 0 radical (unpaired) electrons. The highest BCUT2D eigenvalue weighted by Gasteiger charge is 2.48. The fraction of sp³-hybridized carbons (Fsp3) is 0.441. The van der Waals surface area contributed by atoms with Gasteiger partial charge in [-0.1, -0.05) is 42.5 Å². The first-order valence-corrected chi connectivity index (χ1v) is 17.7. The highest BCUT2D eigenvalue weighted by molar-refractivity contribution is 14.1. The van der Waals surface area contributed by atoms with E-state index in [0.29, 0.717) is 39.3 Å². The molecule has 4 aromatic rings. The molecular formula is C34H38BrIN8O3. The first-order valence-electron chi connectivity index (χ1n) is 15.6. The molecule has 0 aliphatic carbocycles. The minimum absolute atomic E-state index is 0.103. The number of alkyl halides is 1. The molecule has 2 aliphatic rings. The fourth-order valence-corrected chi connectivity index (χ4v) is 8.42. The largest absolute Gasteiger partial charge is 0.317 e. The highest BCUT2D eigenvalue weighted by Crippen LogP contribution is 2.39. The summed E-state index contributed by atoms with van der Waals surface area (Å²) in [6, 6.07) is 6.92. The van der Waals surface area contributed by atoms with Crippen LogP contribution >= 0.6 is 38.5 Å². The first-order chi connectivity index (χ1) is 22.2. The molecule has 0 saturated carbocycles. The maximum atomic E-state index is 14.3. The third-order valence-corrected chi connectivity index (χ3v) is 11.0. The van der Waals surface area contributed by atoms with Gasteiger partial charge in [-0.25, -0.2) is 15.0 Å². The van der Waals surface area contributed by atoms with Gasteiger partial charge in [-0.3, -0.25) is 19.1 Å². The standard InChI is InChI=1S/C34H38BrIN8O3/c1-18-7-8-27(35)39-32(18)40-33(47)26-11-23(14-42-16-34(5,6)17-42)31(36)44(26)28(46)15-43-30-19(2)9-22(24-12-37-21(4)38-13-24)10-25(30)29(41-43)20(3)45/h7-10,12-13,23,26,31H,11,14-17H2,1-6H3,(H,39,40,47)/t23-,26+,31+/m1/s1. The molecule has 5 heterocycles. The number of pyridine rings is 1. The van der Waals surface area contributed by atoms with Crippen molar-refractivity contribution in [1.82, 2.24) is 34.5 Å². The van der Waals surface area contributed by atoms with Crippen LogP contribution in [0.25, 0.3) is 22.0 Å². The number of likely N-dealkylation sites (tertiary alicyclic amines) is 2. The number of ketones is 1. The smallest absolute Gasteiger partial charge is 0.248 e. The molecule has 6 rings (SSSR count). The van der Waals surface area contributed by atoms with Crippen molar-refractivity contribution in [3.05, 3.63) is 63.9 Å². The van der Waals surface area contributed by atoms with Gasteiger partial charge in [0.05, 0.1) is 9.57 Å². The number of carbonyl (C=O) groups is 3. The van der Waals surface area contributed by atoms with E-state index in [-0.39, 0.29) is 39.5 Å². The molecule has 2 saturated heterocycles. The van der Waals surface area contributed by atoms with Crippen LogP contribution in [0.3, 0.4) is 0 Å². The van der Waals surface area contributed by atoms with Gasteiger partial charge >= 0.3 is 0 Å². The lowest BCUT2D eigenvalue weighted by atomic mass is 9.83. The van der Waals surface area contributed by atoms with Crippen molar-refractivity contribution < 1.29 is 14.4 Å². The van der Waals surface area contributed by atoms with Gasteiger partial charge in [0.15, 0.2) is 5.78 Å². The van der Waals surface area contributed by atoms with Gasteiger partial charge in [0.25, 0.3) is 0 Å². The number of carbonyl (C=O) groups excluding carboxylic acids is 3. The number of rotatable bonds is 8. The first kappa shape index (κ1) is 33.6. The summed E-state index contributed by atoms with van der Waals surface area (Å²) < 4.78 is 2.02. The Morgan fingerprint density at radius 2 is 1.74 bits per heavy atom. The molecule has 13 heteroatoms. The van der Waals surface area contributed by atoms with Crippen molar-refractivity contribution in [2.75, 3.05) is 25.0 Å². The normalized spacial score (nSPS) is 20.8. The Morgan fingerprint density at radius 1 is 1.04 bits per heavy atom. The average Bonchev–Trinajstić information content (AvgIpc) is 3.52. The number of Topliss-reactive ketones (excluding diaryl/α,β-unsaturated/α-hetero) is 1. The van der Waals surface area contributed by atoms with E-state index in [1.165, 1.54) is 6.92 Å². The van der Waals surface area contributed by atoms with Gasteiger partial charge in [0.2, 0.25) is 11.8 Å². The number of fused-ring (bicyclic) bond motifs is 1. The summed E-state index contributed by atoms with van der Waals surface area (Å²) in [5.41, 5.74) is 4.65. The molecule has 1 N–H and O–H groups in total. The Hall–Kier alpha value is -3.30. The van der Waals surface area contributed by atoms with Gasteiger partial charge < -0.3 is 15.1 Å². The molecule has 2 amide bonds. The van der Waals surface area contributed by atoms with E-state index < -0.39 is 6.04 Å². The number of aryl methyl sites for hydroxylation is 3. The lowest BCUT2D eigenvalue weighted by Crippen LogP contribution is -2.54. The Morgan fingerprint density at radius 3 is 2.40 bits per heavy atom. The summed E-state index contributed by atoms with van der Waals surface area (Å²) in [5.74, 6) is 0.539. The van der Waals surface area contributed by atoms with Crippen LogP contribution in [0.1, 0.15) is 54.6 Å². The quantitative estimate of drug-likeness (QED) is 0.0786. The number of aromatic nitrogens is 5. The van der Waals surface area contributed by atoms with Crippen molar-refractivity contribution in [2.45, 2.75) is 64.6 Å². The molecule has 0 unspecified atom stereocenters. The number of amides is 2. The summed E-state index contributed by atoms with van der Waals surface area (Å²) >= 11 is 5.72. The summed E-state index contributed by atoms with van der Waals surface area (Å²) in [6.45, 7) is 14.3. The Kier molecular flexibility index (Phi) is 9.26. The highest BCUT2D eigenvalue weighted by atomic mass is 127. The SMILES string of the molecule is CC(=O)c1nn(CC(=O)N2[C@H](I)[C@@H](CN3CC(C)(C)C3)C[C@H]2C(=O)Nc2nc(Br)ccc2C)c2c(C)cc(-c3cnc(C)nc3)cc12. The van der Waals surface area contributed by atoms with Crippen LogP contribution < -0.4 is 5.32 Å². The molecule has 0 spiro atoms. The second-order valence-corrected chi connectivity index (χ2v) is 15.7. The molecule has 1 aromatic carbocycles. The Bertz CT molecular complexity index is 1880. The minimum atomic E-state index is -0.688. The average molecular weight is 814 g/mol. The molecule has 246 valence electrons. The molecule has 2 fully saturated rings. The van der Waals surface area contributed by atoms with Gasteiger partial charge in [0.1, 0.15) is 34.5 Å². The van der Waals surface area contributed by atoms with E-state index in [9.17, 15) is 14.4 Å². The van der Waals surface area contributed by atoms with Crippen LogP contribution in [0.4, 0.5) is 5.82 Å². The van der Waals surface area contributed by atoms with Crippen molar-refractivity contribution in [2.24, 2.45) is 11.3 Å². The molecule has 47 heavy (non-hydrogen) atoms. The van der Waals surface area contributed by atoms with Crippen LogP contribution in [0.5, 0.6) is 0 Å². The predicted molar refractivity (Wildman–Crippen MR) is 192 cm³/mol. The lowest BCUT2D eigenvalue weighted by Gasteiger charge is -2.47. The zero-order valence-corrected chi connectivity index (χ0v) is 31.1. The monoisotopic (exact) mass is 812 g/mol. The van der Waals surface area contributed by atoms with Crippen LogP contribution in [-0.2, 0) is 16.1 Å². The van der Waals surface area contributed by atoms with Crippen LogP contribution in [0.15, 0.2) is 41.3 Å². The fourth-order valence-electron chi connectivity index (χ4n) is 6.89. The van der Waals surface area contributed by atoms with Gasteiger partial charge in [-0.2, -0.15) is 5.10 Å². The number of hydrogen-bond acceptors (Lipinski definition) is 8. The van der Waals surface area contributed by atoms with Crippen molar-refractivity contribution >= 4 is 72.8 Å². The van der Waals surface area contributed by atoms with Crippen LogP contribution in [0, 0.1) is 32.1 Å². The van der Waals surface area contributed by atoms with Gasteiger partial charge in [-0.05, 0) is 83.4 Å². The predicted octanol–water partition coefficient (Wildman–Crippen LogP) is 5.74. The maximum absolute atomic E-state index is 14.3. The summed E-state index contributed by atoms with van der Waals surface area (Å²) in [7, 11) is 0. The third kappa shape index (κ3) is 6.84. The van der Waals surface area contributed by atoms with E-state index in [2.05, 4.69) is 82.6 Å². The number of benzene rings is 1. The lowest BCUT2D eigenvalue weighted by molar-refractivity contribution is -0.137. The van der Waals surface area contributed by atoms with Gasteiger partial charge in [0, 0.05) is 55.8 Å². The summed E-state index contributed by atoms with van der Waals surface area (Å²) in [4.78, 5) is 58.3. The number of nitrogens with zero attached hydrogens (tertiary/aromatic N) is 7. The molecule has 3 aromatic heterocycles. The van der Waals surface area contributed by atoms with E-state index >= 15 is 0 Å². The number of nitrogens with one attached hydrogen (secondary N) is 1. The van der Waals surface area contributed by atoms with Crippen LogP contribution in [0.2, 0.25) is 0 Å². The molecular weight excluding hydrogens is 775 g/mol. The molecule has 11 nitrogen and oxygen atoms in total. The van der Waals surface area contributed by atoms with Gasteiger partial charge in [-0.15, -0.1) is 0 Å². The Balaban J connectivity index is 1.32. The number of hydrogen-bond donors (Lipinski definition) is 1. The summed E-state index contributed by atoms with van der Waals surface area (Å²) in [5, 5.41) is 8.32. The van der Waals surface area contributed by atoms with E-state index in [0.717, 1.165) is 41.9 Å². The molecule has 2 aliphatic heterocycles. The van der Waals surface area contributed by atoms with Crippen molar-refractivity contribution in [3.8, 4) is 11.1 Å². The zero-order valence-electron chi connectivity index (χ0n) is 27.3. The minimum Gasteiger partial charge on any atom is -0.317 e. The van der Waals surface area contributed by atoms with E-state index in [1.54, 1.807) is 22.0 Å². The van der Waals surface area contributed by atoms with E-state index in [1.807, 2.05) is 45.0 Å². The number of halogens is 2. The second-order valence-electron chi connectivity index (χ2n) is 13.6. The number of anilines is 1. The van der Waals surface area contributed by atoms with Crippen molar-refractivity contribution in [1.29, 1.82) is 0 Å². The zero-order chi connectivity index (χ0) is 33.8. The topological polar surface area (TPSA) is 126 Å². The second kappa shape index (κ2) is 13.0. The third-order valence-electron chi connectivity index (χ3n) is 8.97. The Labute approximate surface area is 296 Å². The van der Waals surface area contributed by atoms with E-state index in [4.69, 9.17) is 0 Å². The molecule has 0 bridgehead atoms. The van der Waals surface area contributed by atoms with Crippen molar-refractivity contribution in [3.63, 3.8) is 0 Å².